The minimum absolute atomic E-state index is 0.00535. The molecule has 192 valence electrons. The molecule has 3 aromatic rings. The van der Waals surface area contributed by atoms with Crippen LogP contribution in [0.25, 0.3) is 0 Å². The van der Waals surface area contributed by atoms with Gasteiger partial charge in [0.15, 0.2) is 0 Å². The number of morpholine rings is 1. The molecule has 0 bridgehead atoms. The molecule has 5 rings (SSSR count). The van der Waals surface area contributed by atoms with Crippen LogP contribution in [0, 0.1) is 11.3 Å². The molecule has 6 nitrogen and oxygen atoms in total. The number of carbonyl (C=O) groups is 1. The van der Waals surface area contributed by atoms with E-state index in [0.717, 1.165) is 71.6 Å². The van der Waals surface area contributed by atoms with Crippen molar-refractivity contribution in [1.29, 1.82) is 5.41 Å². The summed E-state index contributed by atoms with van der Waals surface area (Å²) in [5.41, 5.74) is 10.1. The van der Waals surface area contributed by atoms with Crippen molar-refractivity contribution < 1.29 is 9.53 Å². The van der Waals surface area contributed by atoms with Gasteiger partial charge in [0.05, 0.1) is 25.0 Å². The van der Waals surface area contributed by atoms with Gasteiger partial charge in [0, 0.05) is 42.0 Å². The van der Waals surface area contributed by atoms with Crippen molar-refractivity contribution in [3.63, 3.8) is 0 Å². The molecule has 1 saturated heterocycles. The van der Waals surface area contributed by atoms with Gasteiger partial charge in [-0.1, -0.05) is 63.2 Å². The fourth-order valence-electron chi connectivity index (χ4n) is 4.80. The Labute approximate surface area is 220 Å². The van der Waals surface area contributed by atoms with Gasteiger partial charge >= 0.3 is 0 Å². The number of nitrogen functional groups attached to an aromatic ring is 1. The van der Waals surface area contributed by atoms with Crippen molar-refractivity contribution in [2.45, 2.75) is 18.9 Å². The summed E-state index contributed by atoms with van der Waals surface area (Å²) >= 11 is 0. The number of ether oxygens (including phenoxy) is 1. The predicted octanol–water partition coefficient (Wildman–Crippen LogP) is 4.20. The number of nitrogens with two attached hydrogens (primary N) is 1. The lowest BCUT2D eigenvalue weighted by Gasteiger charge is -2.26. The van der Waals surface area contributed by atoms with E-state index in [1.165, 1.54) is 5.30 Å². The Morgan fingerprint density at radius 1 is 1.03 bits per heavy atom. The van der Waals surface area contributed by atoms with Crippen LogP contribution in [0.2, 0.25) is 0 Å². The highest BCUT2D eigenvalue weighted by Gasteiger charge is 2.33. The summed E-state index contributed by atoms with van der Waals surface area (Å²) in [6.45, 7) is 4.80. The number of hydrogen-bond acceptors (Lipinski definition) is 5. The molecule has 1 heterocycles. The molecule has 7 heteroatoms. The SMILES string of the molecule is N=C(c1ccc(PCCN2CCOCC2)cc1)c1cc(C(=O)NC(c2ccccc2)C2CC2)ccc1N. The fraction of sp³-hybridized carbons (Fsp3) is 0.333. The van der Waals surface area contributed by atoms with Crippen molar-refractivity contribution in [2.24, 2.45) is 5.92 Å². The average Bonchev–Trinajstić information content (AvgIpc) is 3.78. The van der Waals surface area contributed by atoms with Crippen LogP contribution in [-0.4, -0.2) is 55.5 Å². The van der Waals surface area contributed by atoms with Gasteiger partial charge in [0.25, 0.3) is 5.91 Å². The second-order valence-corrected chi connectivity index (χ2v) is 11.3. The molecule has 1 aliphatic carbocycles. The summed E-state index contributed by atoms with van der Waals surface area (Å²) in [7, 11) is 0.735. The zero-order valence-corrected chi connectivity index (χ0v) is 22.1. The zero-order valence-electron chi connectivity index (χ0n) is 21.1. The van der Waals surface area contributed by atoms with Gasteiger partial charge in [-0.25, -0.2) is 0 Å². The molecule has 1 amide bonds. The van der Waals surface area contributed by atoms with E-state index >= 15 is 0 Å². The van der Waals surface area contributed by atoms with Crippen LogP contribution in [0.4, 0.5) is 5.69 Å². The van der Waals surface area contributed by atoms with Gasteiger partial charge in [-0.2, -0.15) is 0 Å². The third-order valence-electron chi connectivity index (χ3n) is 7.16. The van der Waals surface area contributed by atoms with Gasteiger partial charge in [-0.3, -0.25) is 15.1 Å². The molecule has 2 fully saturated rings. The van der Waals surface area contributed by atoms with Crippen molar-refractivity contribution in [3.05, 3.63) is 95.1 Å². The summed E-state index contributed by atoms with van der Waals surface area (Å²) in [6.07, 6.45) is 3.38. The van der Waals surface area contributed by atoms with E-state index in [0.29, 0.717) is 28.4 Å². The van der Waals surface area contributed by atoms with E-state index in [1.807, 2.05) is 30.3 Å². The molecule has 1 saturated carbocycles. The first kappa shape index (κ1) is 25.6. The molecule has 1 aliphatic heterocycles. The Balaban J connectivity index is 1.23. The maximum absolute atomic E-state index is 13.2. The van der Waals surface area contributed by atoms with Crippen molar-refractivity contribution >= 4 is 31.2 Å². The summed E-state index contributed by atoms with van der Waals surface area (Å²) in [5.74, 6) is 0.345. The van der Waals surface area contributed by atoms with E-state index in [-0.39, 0.29) is 11.9 Å². The summed E-state index contributed by atoms with van der Waals surface area (Å²) in [5, 5.41) is 13.3. The Bertz CT molecular complexity index is 1220. The number of nitrogens with zero attached hydrogens (tertiary/aromatic N) is 1. The predicted molar refractivity (Wildman–Crippen MR) is 153 cm³/mol. The summed E-state index contributed by atoms with van der Waals surface area (Å²) in [6, 6.07) is 23.6. The highest BCUT2D eigenvalue weighted by atomic mass is 31.1. The highest BCUT2D eigenvalue weighted by molar-refractivity contribution is 7.47. The molecular weight excluding hydrogens is 479 g/mol. The average molecular weight is 515 g/mol. The van der Waals surface area contributed by atoms with Gasteiger partial charge < -0.3 is 15.8 Å². The molecule has 2 aliphatic rings. The van der Waals surface area contributed by atoms with Crippen LogP contribution in [0.5, 0.6) is 0 Å². The number of rotatable bonds is 10. The van der Waals surface area contributed by atoms with Crippen LogP contribution < -0.4 is 16.4 Å². The van der Waals surface area contributed by atoms with Crippen LogP contribution in [0.1, 0.15) is 45.9 Å². The topological polar surface area (TPSA) is 91.4 Å². The molecular formula is C30H35N4O2P. The monoisotopic (exact) mass is 514 g/mol. The van der Waals surface area contributed by atoms with Crippen molar-refractivity contribution in [3.8, 4) is 0 Å². The minimum Gasteiger partial charge on any atom is -0.398 e. The Hall–Kier alpha value is -3.05. The molecule has 3 aromatic carbocycles. The number of benzene rings is 3. The zero-order chi connectivity index (χ0) is 25.6. The van der Waals surface area contributed by atoms with Gasteiger partial charge in [0.1, 0.15) is 0 Å². The Morgan fingerprint density at radius 3 is 2.43 bits per heavy atom. The number of carbonyl (C=O) groups excluding carboxylic acids is 1. The fourth-order valence-corrected chi connectivity index (χ4v) is 5.91. The van der Waals surface area contributed by atoms with E-state index in [9.17, 15) is 4.79 Å². The lowest BCUT2D eigenvalue weighted by atomic mass is 9.98. The summed E-state index contributed by atoms with van der Waals surface area (Å²) in [4.78, 5) is 15.7. The summed E-state index contributed by atoms with van der Waals surface area (Å²) < 4.78 is 5.42. The first-order valence-corrected chi connectivity index (χ1v) is 14.3. The quantitative estimate of drug-likeness (QED) is 0.215. The molecule has 37 heavy (non-hydrogen) atoms. The number of anilines is 1. The normalized spacial score (nSPS) is 17.1. The number of hydrogen-bond donors (Lipinski definition) is 3. The number of nitrogens with one attached hydrogen (secondary N) is 2. The largest absolute Gasteiger partial charge is 0.398 e. The maximum atomic E-state index is 13.2. The van der Waals surface area contributed by atoms with E-state index in [1.54, 1.807) is 18.2 Å². The smallest absolute Gasteiger partial charge is 0.251 e. The van der Waals surface area contributed by atoms with Gasteiger partial charge in [-0.05, 0) is 54.0 Å². The second kappa shape index (κ2) is 12.0. The lowest BCUT2D eigenvalue weighted by Crippen LogP contribution is -2.37. The third kappa shape index (κ3) is 6.64. The third-order valence-corrected chi connectivity index (χ3v) is 8.37. The minimum atomic E-state index is -0.133. The Morgan fingerprint density at radius 2 is 1.73 bits per heavy atom. The second-order valence-electron chi connectivity index (χ2n) is 9.83. The number of amides is 1. The standard InChI is InChI=1S/C30H35N4O2P/c31-27-13-10-24(30(35)33-29(23-6-7-23)22-4-2-1-3-5-22)20-26(27)28(32)21-8-11-25(12-9-21)37-19-16-34-14-17-36-18-15-34/h1-5,8-13,20,23,29,32,37H,6-7,14-19,31H2,(H,33,35). The van der Waals surface area contributed by atoms with E-state index in [4.69, 9.17) is 15.9 Å². The van der Waals surface area contributed by atoms with E-state index in [2.05, 4.69) is 34.5 Å². The maximum Gasteiger partial charge on any atom is 0.251 e. The first-order chi connectivity index (χ1) is 18.1. The molecule has 0 radical (unpaired) electrons. The molecule has 2 atom stereocenters. The highest BCUT2D eigenvalue weighted by Crippen LogP contribution is 2.41. The van der Waals surface area contributed by atoms with Crippen LogP contribution in [0.15, 0.2) is 72.8 Å². The van der Waals surface area contributed by atoms with Crippen molar-refractivity contribution in [1.82, 2.24) is 10.2 Å². The van der Waals surface area contributed by atoms with Crippen LogP contribution >= 0.6 is 8.58 Å². The Kier molecular flexibility index (Phi) is 8.30. The van der Waals surface area contributed by atoms with Crippen LogP contribution in [0.3, 0.4) is 0 Å². The van der Waals surface area contributed by atoms with Crippen LogP contribution in [-0.2, 0) is 4.74 Å². The molecule has 2 unspecified atom stereocenters. The molecule has 0 spiro atoms. The van der Waals surface area contributed by atoms with Gasteiger partial charge in [-0.15, -0.1) is 0 Å². The molecule has 0 aromatic heterocycles. The van der Waals surface area contributed by atoms with Gasteiger partial charge in [0.2, 0.25) is 0 Å². The lowest BCUT2D eigenvalue weighted by molar-refractivity contribution is 0.0409. The molecule has 4 N–H and O–H groups in total. The van der Waals surface area contributed by atoms with E-state index < -0.39 is 0 Å². The first-order valence-electron chi connectivity index (χ1n) is 13.1. The van der Waals surface area contributed by atoms with Crippen molar-refractivity contribution in [2.75, 3.05) is 44.7 Å².